The molecule has 0 saturated heterocycles. The summed E-state index contributed by atoms with van der Waals surface area (Å²) >= 11 is 6.95. The minimum atomic E-state index is -0.262. The van der Waals surface area contributed by atoms with E-state index in [9.17, 15) is 4.79 Å². The summed E-state index contributed by atoms with van der Waals surface area (Å²) in [7, 11) is 0. The summed E-state index contributed by atoms with van der Waals surface area (Å²) in [6.45, 7) is 1.95. The van der Waals surface area contributed by atoms with Crippen LogP contribution in [0.15, 0.2) is 5.10 Å². The van der Waals surface area contributed by atoms with Gasteiger partial charge in [0, 0.05) is 6.42 Å². The molecule has 0 aromatic rings. The summed E-state index contributed by atoms with van der Waals surface area (Å²) in [4.78, 5) is 10.8. The van der Waals surface area contributed by atoms with Gasteiger partial charge in [0.2, 0.25) is 5.91 Å². The lowest BCUT2D eigenvalue weighted by Gasteiger charge is -2.00. The minimum Gasteiger partial charge on any atom is -0.304 e. The Morgan fingerprint density at radius 1 is 1.92 bits per heavy atom. The van der Waals surface area contributed by atoms with E-state index < -0.39 is 0 Å². The van der Waals surface area contributed by atoms with Gasteiger partial charge in [-0.25, -0.2) is 0 Å². The number of halogens is 1. The topological polar surface area (TPSA) is 53.5 Å². The maximum atomic E-state index is 11.0. The number of nitrogens with zero attached hydrogens (tertiary/aromatic N) is 1. The Kier molecular flexibility index (Phi) is 3.68. The third-order valence-corrected chi connectivity index (χ3v) is 2.30. The Labute approximate surface area is 80.1 Å². The first-order valence-electron chi connectivity index (χ1n) is 3.66. The molecule has 1 aliphatic rings. The molecule has 0 aromatic carbocycles. The lowest BCUT2D eigenvalue weighted by Crippen LogP contribution is -2.26. The smallest absolute Gasteiger partial charge is 0.225 e. The van der Waals surface area contributed by atoms with Crippen molar-refractivity contribution in [2.45, 2.75) is 24.6 Å². The van der Waals surface area contributed by atoms with Gasteiger partial charge in [-0.15, -0.1) is 0 Å². The molecule has 0 spiro atoms. The van der Waals surface area contributed by atoms with E-state index in [0.717, 1.165) is 6.42 Å². The number of hydrogen-bond donors (Lipinski definition) is 2. The zero-order valence-electron chi connectivity index (χ0n) is 6.63. The average molecular weight is 208 g/mol. The monoisotopic (exact) mass is 207 g/mol. The van der Waals surface area contributed by atoms with Crippen molar-refractivity contribution < 1.29 is 4.79 Å². The second-order valence-corrected chi connectivity index (χ2v) is 4.07. The van der Waals surface area contributed by atoms with Crippen LogP contribution in [-0.2, 0) is 4.79 Å². The van der Waals surface area contributed by atoms with E-state index in [0.29, 0.717) is 11.6 Å². The van der Waals surface area contributed by atoms with Crippen LogP contribution in [-0.4, -0.2) is 15.9 Å². The molecule has 1 unspecified atom stereocenters. The number of alkyl halides is 1. The second-order valence-electron chi connectivity index (χ2n) is 2.28. The zero-order chi connectivity index (χ0) is 8.97. The molecule has 2 N–H and O–H groups in total. The fourth-order valence-electron chi connectivity index (χ4n) is 0.726. The normalized spacial score (nSPS) is 21.5. The number of hydrogen-bond acceptors (Lipinski definition) is 4. The fraction of sp³-hybridized carbons (Fsp3) is 0.667. The van der Waals surface area contributed by atoms with Crippen molar-refractivity contribution in [3.63, 3.8) is 0 Å². The molecule has 1 heterocycles. The van der Waals surface area contributed by atoms with E-state index in [4.69, 9.17) is 11.6 Å². The van der Waals surface area contributed by atoms with Crippen molar-refractivity contribution >= 4 is 34.4 Å². The van der Waals surface area contributed by atoms with Crippen LogP contribution in [0.1, 0.15) is 19.8 Å². The van der Waals surface area contributed by atoms with Crippen LogP contribution in [0.25, 0.3) is 0 Å². The zero-order valence-corrected chi connectivity index (χ0v) is 8.21. The third kappa shape index (κ3) is 2.91. The van der Waals surface area contributed by atoms with Crippen molar-refractivity contribution in [1.82, 2.24) is 10.7 Å². The van der Waals surface area contributed by atoms with Crippen molar-refractivity contribution in [2.24, 2.45) is 5.10 Å². The van der Waals surface area contributed by atoms with Crippen LogP contribution < -0.4 is 10.7 Å². The Bertz CT molecular complexity index is 209. The number of carbonyl (C=O) groups excluding carboxylic acids is 1. The molecule has 1 amide bonds. The van der Waals surface area contributed by atoms with Gasteiger partial charge < -0.3 is 5.32 Å². The Hall–Kier alpha value is -0.420. The first kappa shape index (κ1) is 9.67. The van der Waals surface area contributed by atoms with Gasteiger partial charge in [0.25, 0.3) is 0 Å². The Balaban J connectivity index is 2.27. The van der Waals surface area contributed by atoms with Crippen LogP contribution in [0.4, 0.5) is 0 Å². The average Bonchev–Trinajstić information content (AvgIpc) is 2.36. The summed E-state index contributed by atoms with van der Waals surface area (Å²) in [5, 5.41) is 6.99. The van der Waals surface area contributed by atoms with E-state index in [1.54, 1.807) is 0 Å². The van der Waals surface area contributed by atoms with Gasteiger partial charge in [0.15, 0.2) is 10.0 Å². The number of amidine groups is 1. The highest BCUT2D eigenvalue weighted by atomic mass is 35.5. The van der Waals surface area contributed by atoms with Crippen LogP contribution in [0.5, 0.6) is 0 Å². The Morgan fingerprint density at radius 3 is 3.17 bits per heavy atom. The molecule has 0 saturated carbocycles. The number of hydrazone groups is 1. The van der Waals surface area contributed by atoms with E-state index in [-0.39, 0.29) is 10.7 Å². The molecular weight excluding hydrogens is 198 g/mol. The van der Waals surface area contributed by atoms with Crippen molar-refractivity contribution in [1.29, 1.82) is 0 Å². The first-order chi connectivity index (χ1) is 5.72. The largest absolute Gasteiger partial charge is 0.304 e. The Morgan fingerprint density at radius 2 is 2.67 bits per heavy atom. The van der Waals surface area contributed by atoms with Gasteiger partial charge in [-0.3, -0.25) is 10.2 Å². The van der Waals surface area contributed by atoms with E-state index in [1.165, 1.54) is 11.8 Å². The summed E-state index contributed by atoms with van der Waals surface area (Å²) in [6.07, 6.45) is 1.36. The first-order valence-corrected chi connectivity index (χ1v) is 4.97. The van der Waals surface area contributed by atoms with Crippen LogP contribution >= 0.6 is 23.4 Å². The van der Waals surface area contributed by atoms with Crippen LogP contribution in [0.3, 0.4) is 0 Å². The molecule has 0 fully saturated rings. The molecule has 4 nitrogen and oxygen atoms in total. The van der Waals surface area contributed by atoms with Crippen molar-refractivity contribution in [3.05, 3.63) is 0 Å². The third-order valence-electron chi connectivity index (χ3n) is 1.21. The summed E-state index contributed by atoms with van der Waals surface area (Å²) < 4.78 is 0. The molecule has 0 radical (unpaired) electrons. The fourth-order valence-corrected chi connectivity index (χ4v) is 1.61. The van der Waals surface area contributed by atoms with Gasteiger partial charge in [0.05, 0.1) is 0 Å². The minimum absolute atomic E-state index is 0.0173. The summed E-state index contributed by atoms with van der Waals surface area (Å²) in [6, 6.07) is 0. The summed E-state index contributed by atoms with van der Waals surface area (Å²) in [5.74, 6) is -0.0173. The maximum absolute atomic E-state index is 11.0. The number of amides is 1. The predicted molar refractivity (Wildman–Crippen MR) is 50.9 cm³/mol. The van der Waals surface area contributed by atoms with Gasteiger partial charge in [-0.2, -0.15) is 5.10 Å². The molecule has 0 aromatic heterocycles. The summed E-state index contributed by atoms with van der Waals surface area (Å²) in [5.41, 5.74) is 2.62. The van der Waals surface area contributed by atoms with Crippen LogP contribution in [0.2, 0.25) is 0 Å². The molecule has 0 aliphatic carbocycles. The SMILES string of the molecule is CCCC(=O)NC1=NNC(Cl)S1. The second kappa shape index (κ2) is 4.57. The highest BCUT2D eigenvalue weighted by Gasteiger charge is 2.17. The number of thioether (sulfide) groups is 1. The molecule has 1 atom stereocenters. The van der Waals surface area contributed by atoms with E-state index in [1.807, 2.05) is 6.92 Å². The van der Waals surface area contributed by atoms with Gasteiger partial charge in [-0.1, -0.05) is 18.5 Å². The quantitative estimate of drug-likeness (QED) is 0.526. The van der Waals surface area contributed by atoms with Crippen molar-refractivity contribution in [2.75, 3.05) is 0 Å². The van der Waals surface area contributed by atoms with Crippen molar-refractivity contribution in [3.8, 4) is 0 Å². The lowest BCUT2D eigenvalue weighted by molar-refractivity contribution is -0.119. The van der Waals surface area contributed by atoms with Gasteiger partial charge in [-0.05, 0) is 18.2 Å². The van der Waals surface area contributed by atoms with E-state index in [2.05, 4.69) is 15.8 Å². The number of rotatable bonds is 2. The molecule has 68 valence electrons. The lowest BCUT2D eigenvalue weighted by atomic mass is 10.3. The maximum Gasteiger partial charge on any atom is 0.225 e. The molecule has 12 heavy (non-hydrogen) atoms. The molecule has 6 heteroatoms. The van der Waals surface area contributed by atoms with E-state index >= 15 is 0 Å². The predicted octanol–water partition coefficient (Wildman–Crippen LogP) is 1.03. The number of carbonyl (C=O) groups is 1. The van der Waals surface area contributed by atoms with Gasteiger partial charge in [0.1, 0.15) is 0 Å². The molecule has 1 rings (SSSR count). The highest BCUT2D eigenvalue weighted by Crippen LogP contribution is 2.18. The molecule has 0 bridgehead atoms. The highest BCUT2D eigenvalue weighted by molar-refractivity contribution is 8.15. The molecule has 1 aliphatic heterocycles. The molecular formula is C6H10ClN3OS. The van der Waals surface area contributed by atoms with Gasteiger partial charge >= 0.3 is 0 Å². The standard InChI is InChI=1S/C6H10ClN3OS/c1-2-3-4(11)8-6-10-9-5(7)12-6/h5,9H,2-3H2,1H3,(H,8,10,11). The number of nitrogens with one attached hydrogen (secondary N) is 2. The van der Waals surface area contributed by atoms with Crippen LogP contribution in [0, 0.1) is 0 Å².